The van der Waals surface area contributed by atoms with Gasteiger partial charge in [-0.05, 0) is 48.7 Å². The van der Waals surface area contributed by atoms with E-state index >= 15 is 0 Å². The van der Waals surface area contributed by atoms with Crippen LogP contribution in [0.5, 0.6) is 11.5 Å². The van der Waals surface area contributed by atoms with Gasteiger partial charge in [-0.25, -0.2) is 4.90 Å². The molecule has 35 heavy (non-hydrogen) atoms. The lowest BCUT2D eigenvalue weighted by Gasteiger charge is -2.22. The summed E-state index contributed by atoms with van der Waals surface area (Å²) in [6, 6.07) is 13.5. The van der Waals surface area contributed by atoms with Crippen molar-refractivity contribution >= 4 is 35.1 Å². The number of nitrogens with zero attached hydrogens (tertiary/aromatic N) is 2. The van der Waals surface area contributed by atoms with E-state index in [4.69, 9.17) is 9.47 Å². The predicted octanol–water partition coefficient (Wildman–Crippen LogP) is 3.36. The first-order valence-corrected chi connectivity index (χ1v) is 11.7. The third-order valence-electron chi connectivity index (χ3n) is 7.01. The number of ether oxygens (including phenoxy) is 2. The Kier molecular flexibility index (Phi) is 5.88. The molecule has 0 N–H and O–H groups in total. The molecule has 3 aliphatic rings. The molecule has 0 spiro atoms. The van der Waals surface area contributed by atoms with Crippen molar-refractivity contribution in [2.45, 2.75) is 19.8 Å². The quantitative estimate of drug-likeness (QED) is 0.286. The lowest BCUT2D eigenvalue weighted by Crippen LogP contribution is -2.31. The summed E-state index contributed by atoms with van der Waals surface area (Å²) >= 11 is 0. The molecule has 0 aromatic heterocycles. The second-order valence-electron chi connectivity index (χ2n) is 9.19. The fourth-order valence-corrected chi connectivity index (χ4v) is 5.16. The molecule has 0 unspecified atom stereocenters. The molecule has 2 fully saturated rings. The fraction of sp³-hybridized carbons (Fsp3) is 0.333. The highest BCUT2D eigenvalue weighted by atomic mass is 16.5. The zero-order valence-corrected chi connectivity index (χ0v) is 19.5. The molecule has 2 aromatic carbocycles. The molecule has 2 saturated heterocycles. The summed E-state index contributed by atoms with van der Waals surface area (Å²) in [6.45, 7) is 2.15. The van der Waals surface area contributed by atoms with Crippen molar-refractivity contribution in [1.82, 2.24) is 0 Å². The van der Waals surface area contributed by atoms with Gasteiger partial charge >= 0.3 is 5.97 Å². The number of benzene rings is 2. The van der Waals surface area contributed by atoms with E-state index in [9.17, 15) is 19.2 Å². The summed E-state index contributed by atoms with van der Waals surface area (Å²) in [5.41, 5.74) is 1.07. The Morgan fingerprint density at radius 1 is 0.971 bits per heavy atom. The molecule has 8 nitrogen and oxygen atoms in total. The third-order valence-corrected chi connectivity index (χ3v) is 7.01. The Hall–Kier alpha value is -3.94. The average Bonchev–Trinajstić information content (AvgIpc) is 3.37. The molecule has 1 aliphatic carbocycles. The van der Waals surface area contributed by atoms with Crippen LogP contribution in [0.3, 0.4) is 0 Å². The maximum absolute atomic E-state index is 13.1. The predicted molar refractivity (Wildman–Crippen MR) is 128 cm³/mol. The summed E-state index contributed by atoms with van der Waals surface area (Å²) < 4.78 is 10.7. The van der Waals surface area contributed by atoms with Crippen LogP contribution >= 0.6 is 0 Å². The van der Waals surface area contributed by atoms with Crippen LogP contribution < -0.4 is 19.3 Å². The van der Waals surface area contributed by atoms with E-state index in [2.05, 4.69) is 0 Å². The number of carbonyl (C=O) groups excluding carboxylic acids is 4. The Morgan fingerprint density at radius 3 is 2.46 bits per heavy atom. The zero-order valence-electron chi connectivity index (χ0n) is 19.5. The largest absolute Gasteiger partial charge is 0.497 e. The highest BCUT2D eigenvalue weighted by molar-refractivity contribution is 6.22. The number of esters is 1. The lowest BCUT2D eigenvalue weighted by atomic mass is 9.78. The Balaban J connectivity index is 1.28. The van der Waals surface area contributed by atoms with Gasteiger partial charge in [0.25, 0.3) is 0 Å². The zero-order chi connectivity index (χ0) is 24.7. The van der Waals surface area contributed by atoms with Crippen molar-refractivity contribution in [3.05, 3.63) is 60.7 Å². The van der Waals surface area contributed by atoms with E-state index < -0.39 is 11.9 Å². The maximum atomic E-state index is 13.1. The average molecular weight is 475 g/mol. The van der Waals surface area contributed by atoms with E-state index in [1.54, 1.807) is 54.5 Å². The van der Waals surface area contributed by atoms with Crippen LogP contribution in [0.25, 0.3) is 0 Å². The van der Waals surface area contributed by atoms with E-state index in [-0.39, 0.29) is 54.2 Å². The van der Waals surface area contributed by atoms with Crippen LogP contribution in [0.4, 0.5) is 11.4 Å². The van der Waals surface area contributed by atoms with E-state index in [0.717, 1.165) is 0 Å². The molecule has 3 amide bonds. The van der Waals surface area contributed by atoms with Crippen LogP contribution in [0.1, 0.15) is 19.8 Å². The SMILES string of the molecule is COc1ccc(N2C[C@H](C(=O)Oc3cccc(N4C(=O)[C@H]5[C@H](C)C=CC[C@H]5C4=O)c3)CC2=O)cc1. The number of allylic oxidation sites excluding steroid dienone is 2. The van der Waals surface area contributed by atoms with Crippen molar-refractivity contribution in [2.24, 2.45) is 23.7 Å². The van der Waals surface area contributed by atoms with Crippen molar-refractivity contribution < 1.29 is 28.7 Å². The second kappa shape index (κ2) is 9.02. The number of hydrogen-bond donors (Lipinski definition) is 0. The summed E-state index contributed by atoms with van der Waals surface area (Å²) in [5.74, 6) is -1.60. The number of imide groups is 1. The summed E-state index contributed by atoms with van der Waals surface area (Å²) in [5, 5.41) is 0. The second-order valence-corrected chi connectivity index (χ2v) is 9.19. The molecular formula is C27H26N2O6. The number of anilines is 2. The lowest BCUT2D eigenvalue weighted by molar-refractivity contribution is -0.139. The van der Waals surface area contributed by atoms with Crippen LogP contribution in [-0.2, 0) is 19.2 Å². The molecule has 0 radical (unpaired) electrons. The third kappa shape index (κ3) is 4.09. The van der Waals surface area contributed by atoms with Gasteiger partial charge in [-0.2, -0.15) is 0 Å². The van der Waals surface area contributed by atoms with Gasteiger partial charge in [-0.3, -0.25) is 19.2 Å². The van der Waals surface area contributed by atoms with Crippen molar-refractivity contribution in [2.75, 3.05) is 23.5 Å². The standard InChI is InChI=1S/C27H26N2O6/c1-16-5-3-8-22-24(16)26(32)29(25(22)31)19-6-4-7-21(14-19)35-27(33)17-13-23(30)28(15-17)18-9-11-20(34-2)12-10-18/h3-7,9-12,14,16-17,22,24H,8,13,15H2,1-2H3/t16-,17-,22-,24+/m1/s1. The minimum atomic E-state index is -0.627. The molecule has 2 aromatic rings. The molecule has 4 atom stereocenters. The Labute approximate surface area is 203 Å². The molecular weight excluding hydrogens is 448 g/mol. The first kappa shape index (κ1) is 22.8. The highest BCUT2D eigenvalue weighted by Gasteiger charge is 2.50. The molecule has 0 bridgehead atoms. The number of rotatable bonds is 5. The van der Waals surface area contributed by atoms with Gasteiger partial charge in [0, 0.05) is 24.7 Å². The van der Waals surface area contributed by atoms with Gasteiger partial charge in [0.15, 0.2) is 0 Å². The first-order chi connectivity index (χ1) is 16.9. The van der Waals surface area contributed by atoms with Gasteiger partial charge in [-0.1, -0.05) is 25.1 Å². The number of methoxy groups -OCH3 is 1. The van der Waals surface area contributed by atoms with Crippen LogP contribution in [0.15, 0.2) is 60.7 Å². The molecule has 2 aliphatic heterocycles. The molecule has 5 rings (SSSR count). The fourth-order valence-electron chi connectivity index (χ4n) is 5.16. The number of carbonyl (C=O) groups is 4. The van der Waals surface area contributed by atoms with E-state index in [0.29, 0.717) is 23.5 Å². The van der Waals surface area contributed by atoms with Crippen LogP contribution in [-0.4, -0.2) is 37.3 Å². The monoisotopic (exact) mass is 474 g/mol. The number of fused-ring (bicyclic) bond motifs is 1. The van der Waals surface area contributed by atoms with Gasteiger partial charge < -0.3 is 14.4 Å². The number of amides is 3. The first-order valence-electron chi connectivity index (χ1n) is 11.7. The Morgan fingerprint density at radius 2 is 1.74 bits per heavy atom. The summed E-state index contributed by atoms with van der Waals surface area (Å²) in [4.78, 5) is 54.2. The molecule has 8 heteroatoms. The minimum absolute atomic E-state index is 0.00948. The van der Waals surface area contributed by atoms with Gasteiger partial charge in [0.05, 0.1) is 30.6 Å². The van der Waals surface area contributed by atoms with Crippen molar-refractivity contribution in [3.8, 4) is 11.5 Å². The smallest absolute Gasteiger partial charge is 0.316 e. The normalized spacial score (nSPS) is 25.7. The van der Waals surface area contributed by atoms with Crippen LogP contribution in [0.2, 0.25) is 0 Å². The Bertz CT molecular complexity index is 1220. The maximum Gasteiger partial charge on any atom is 0.316 e. The van der Waals surface area contributed by atoms with Gasteiger partial charge in [-0.15, -0.1) is 0 Å². The van der Waals surface area contributed by atoms with Gasteiger partial charge in [0.1, 0.15) is 11.5 Å². The van der Waals surface area contributed by atoms with Crippen molar-refractivity contribution in [1.29, 1.82) is 0 Å². The van der Waals surface area contributed by atoms with Crippen LogP contribution in [0, 0.1) is 23.7 Å². The highest BCUT2D eigenvalue weighted by Crippen LogP contribution is 2.41. The van der Waals surface area contributed by atoms with Gasteiger partial charge in [0.2, 0.25) is 17.7 Å². The minimum Gasteiger partial charge on any atom is -0.497 e. The van der Waals surface area contributed by atoms with Crippen molar-refractivity contribution in [3.63, 3.8) is 0 Å². The molecule has 0 saturated carbocycles. The molecule has 2 heterocycles. The number of hydrogen-bond acceptors (Lipinski definition) is 6. The summed E-state index contributed by atoms with van der Waals surface area (Å²) in [7, 11) is 1.57. The summed E-state index contributed by atoms with van der Waals surface area (Å²) in [6.07, 6.45) is 4.52. The topological polar surface area (TPSA) is 93.2 Å². The molecule has 180 valence electrons. The van der Waals surface area contributed by atoms with E-state index in [1.807, 2.05) is 19.1 Å². The van der Waals surface area contributed by atoms with E-state index in [1.165, 1.54) is 11.0 Å².